The number of esters is 1. The first-order valence-corrected chi connectivity index (χ1v) is 20.5. The number of hydrogen-bond acceptors (Lipinski definition) is 4. The molecule has 0 aromatic carbocycles. The summed E-state index contributed by atoms with van der Waals surface area (Å²) in [7, 11) is 0. The molecule has 48 heavy (non-hydrogen) atoms. The fourth-order valence-electron chi connectivity index (χ4n) is 6.04. The molecule has 6 heteroatoms. The summed E-state index contributed by atoms with van der Waals surface area (Å²) in [6, 6.07) is 0. The average Bonchev–Trinajstić information content (AvgIpc) is 3.07. The van der Waals surface area contributed by atoms with Crippen LogP contribution in [0.4, 0.5) is 0 Å². The Morgan fingerprint density at radius 1 is 0.521 bits per heavy atom. The number of ether oxygens (including phenoxy) is 1. The maximum absolute atomic E-state index is 12.7. The van der Waals surface area contributed by atoms with Crippen LogP contribution in [0, 0.1) is 0 Å². The van der Waals surface area contributed by atoms with Crippen LogP contribution in [-0.2, 0) is 19.1 Å². The number of carboxylic acid groups (broad SMARTS) is 1. The highest BCUT2D eigenvalue weighted by atomic mass is 16.5. The van der Waals surface area contributed by atoms with E-state index in [1.54, 1.807) is 0 Å². The summed E-state index contributed by atoms with van der Waals surface area (Å²) in [5, 5.41) is 11.1. The zero-order valence-electron chi connectivity index (χ0n) is 31.6. The predicted octanol–water partition coefficient (Wildman–Crippen LogP) is 12.3. The number of carboxylic acids is 1. The van der Waals surface area contributed by atoms with Crippen LogP contribution < -0.4 is 5.32 Å². The fourth-order valence-corrected chi connectivity index (χ4v) is 6.04. The summed E-state index contributed by atoms with van der Waals surface area (Å²) < 4.78 is 6.00. The predicted molar refractivity (Wildman–Crippen MR) is 203 cm³/mol. The lowest BCUT2D eigenvalue weighted by atomic mass is 10.0. The zero-order valence-corrected chi connectivity index (χ0v) is 31.6. The summed E-state index contributed by atoms with van der Waals surface area (Å²) in [4.78, 5) is 34.9. The first kappa shape index (κ1) is 45.9. The monoisotopic (exact) mass is 676 g/mol. The molecule has 0 rings (SSSR count). The van der Waals surface area contributed by atoms with Gasteiger partial charge in [0.25, 0.3) is 0 Å². The van der Waals surface area contributed by atoms with Crippen LogP contribution in [0.5, 0.6) is 0 Å². The Kier molecular flexibility index (Phi) is 36.0. The van der Waals surface area contributed by atoms with Crippen molar-refractivity contribution in [1.82, 2.24) is 5.32 Å². The summed E-state index contributed by atoms with van der Waals surface area (Å²) >= 11 is 0. The number of carbonyl (C=O) groups is 3. The second-order valence-electron chi connectivity index (χ2n) is 13.9. The first-order valence-electron chi connectivity index (χ1n) is 20.5. The molecule has 280 valence electrons. The number of unbranched alkanes of at least 4 members (excludes halogenated alkanes) is 22. The van der Waals surface area contributed by atoms with Gasteiger partial charge in [-0.05, 0) is 83.5 Å². The van der Waals surface area contributed by atoms with E-state index in [1.807, 2.05) is 0 Å². The number of amides is 1. The van der Waals surface area contributed by atoms with E-state index in [-0.39, 0.29) is 24.5 Å². The summed E-state index contributed by atoms with van der Waals surface area (Å²) in [5.74, 6) is -1.25. The molecular weight excluding hydrogens is 598 g/mol. The number of allylic oxidation sites excluding steroid dienone is 4. The molecular formula is C42H77NO5. The molecule has 0 bridgehead atoms. The Labute approximate surface area is 296 Å². The highest BCUT2D eigenvalue weighted by Crippen LogP contribution is 2.18. The van der Waals surface area contributed by atoms with Crippen LogP contribution in [0.2, 0.25) is 0 Å². The largest absolute Gasteiger partial charge is 0.480 e. The van der Waals surface area contributed by atoms with E-state index in [9.17, 15) is 14.4 Å². The van der Waals surface area contributed by atoms with Crippen LogP contribution in [0.1, 0.15) is 213 Å². The molecule has 1 atom stereocenters. The van der Waals surface area contributed by atoms with E-state index in [2.05, 4.69) is 43.5 Å². The molecule has 0 fully saturated rings. The Bertz CT molecular complexity index is 793. The second kappa shape index (κ2) is 37.7. The van der Waals surface area contributed by atoms with Crippen molar-refractivity contribution in [3.8, 4) is 0 Å². The molecule has 0 aromatic heterocycles. The first-order chi connectivity index (χ1) is 23.5. The van der Waals surface area contributed by atoms with Gasteiger partial charge in [0.15, 0.2) is 0 Å². The lowest BCUT2D eigenvalue weighted by molar-refractivity contribution is -0.150. The van der Waals surface area contributed by atoms with Gasteiger partial charge in [0.05, 0.1) is 0 Å². The number of carbonyl (C=O) groups excluding carboxylic acids is 2. The number of aliphatic carboxylic acids is 1. The van der Waals surface area contributed by atoms with Gasteiger partial charge in [-0.15, -0.1) is 0 Å². The Morgan fingerprint density at radius 2 is 0.917 bits per heavy atom. The average molecular weight is 676 g/mol. The maximum atomic E-state index is 12.7. The second-order valence-corrected chi connectivity index (χ2v) is 13.9. The van der Waals surface area contributed by atoms with Gasteiger partial charge in [0.2, 0.25) is 5.91 Å². The quantitative estimate of drug-likeness (QED) is 0.0388. The van der Waals surface area contributed by atoms with E-state index >= 15 is 0 Å². The minimum Gasteiger partial charge on any atom is -0.480 e. The van der Waals surface area contributed by atoms with Gasteiger partial charge in [-0.3, -0.25) is 14.4 Å². The van der Waals surface area contributed by atoms with Crippen LogP contribution in [-0.4, -0.2) is 35.6 Å². The molecule has 0 heterocycles. The topological polar surface area (TPSA) is 92.7 Å². The third-order valence-electron chi connectivity index (χ3n) is 9.10. The number of rotatable bonds is 37. The lowest BCUT2D eigenvalue weighted by Gasteiger charge is -2.18. The molecule has 1 unspecified atom stereocenters. The normalized spacial score (nSPS) is 12.2. The van der Waals surface area contributed by atoms with Gasteiger partial charge < -0.3 is 15.2 Å². The van der Waals surface area contributed by atoms with Crippen molar-refractivity contribution in [2.45, 2.75) is 219 Å². The van der Waals surface area contributed by atoms with Crippen molar-refractivity contribution < 1.29 is 24.2 Å². The van der Waals surface area contributed by atoms with Crippen molar-refractivity contribution in [2.75, 3.05) is 6.54 Å². The summed E-state index contributed by atoms with van der Waals surface area (Å²) in [6.07, 6.45) is 44.4. The molecule has 0 aliphatic carbocycles. The van der Waals surface area contributed by atoms with Crippen molar-refractivity contribution >= 4 is 17.8 Å². The summed E-state index contributed by atoms with van der Waals surface area (Å²) in [5.41, 5.74) is 0. The van der Waals surface area contributed by atoms with Gasteiger partial charge in [-0.2, -0.15) is 0 Å². The van der Waals surface area contributed by atoms with Gasteiger partial charge >= 0.3 is 11.9 Å². The van der Waals surface area contributed by atoms with E-state index in [0.29, 0.717) is 12.8 Å². The van der Waals surface area contributed by atoms with Crippen LogP contribution in [0.3, 0.4) is 0 Å². The molecule has 2 N–H and O–H groups in total. The molecule has 0 aliphatic rings. The fraction of sp³-hybridized carbons (Fsp3) is 0.833. The Morgan fingerprint density at radius 3 is 1.44 bits per heavy atom. The van der Waals surface area contributed by atoms with E-state index < -0.39 is 5.97 Å². The minimum absolute atomic E-state index is 0.00540. The molecule has 0 saturated heterocycles. The number of hydrogen-bond donors (Lipinski definition) is 2. The highest BCUT2D eigenvalue weighted by Gasteiger charge is 2.14. The van der Waals surface area contributed by atoms with E-state index in [4.69, 9.17) is 9.84 Å². The maximum Gasteiger partial charge on any atom is 0.322 e. The smallest absolute Gasteiger partial charge is 0.322 e. The van der Waals surface area contributed by atoms with Gasteiger partial charge in [0.1, 0.15) is 12.6 Å². The number of nitrogens with one attached hydrogen (secondary N) is 1. The molecule has 6 nitrogen and oxygen atoms in total. The Hall–Kier alpha value is -2.11. The van der Waals surface area contributed by atoms with E-state index in [0.717, 1.165) is 70.6 Å². The molecule has 0 spiro atoms. The van der Waals surface area contributed by atoms with E-state index in [1.165, 1.54) is 116 Å². The third-order valence-corrected chi connectivity index (χ3v) is 9.10. The molecule has 0 aliphatic heterocycles. The van der Waals surface area contributed by atoms with Crippen molar-refractivity contribution in [3.05, 3.63) is 24.3 Å². The van der Waals surface area contributed by atoms with Crippen molar-refractivity contribution in [1.29, 1.82) is 0 Å². The molecule has 0 saturated carbocycles. The van der Waals surface area contributed by atoms with Crippen LogP contribution in [0.15, 0.2) is 24.3 Å². The standard InChI is InChI=1S/C42H77NO5/c1-3-5-7-9-11-13-15-17-19-21-23-26-30-34-39(35-31-27-25-28-32-36-40(44)43-38-41(45)46)48-42(47)37-33-29-24-22-20-18-16-14-12-10-8-6-4-2/h14,16,21,23,39H,3-13,15,17-20,22,24-38H2,1-2H3,(H,43,44)(H,45,46)/b16-14-,23-21-. The lowest BCUT2D eigenvalue weighted by Crippen LogP contribution is -2.28. The van der Waals surface area contributed by atoms with Gasteiger partial charge in [-0.25, -0.2) is 0 Å². The van der Waals surface area contributed by atoms with Crippen LogP contribution >= 0.6 is 0 Å². The van der Waals surface area contributed by atoms with Crippen LogP contribution in [0.25, 0.3) is 0 Å². The molecule has 0 aromatic rings. The van der Waals surface area contributed by atoms with Gasteiger partial charge in [0, 0.05) is 12.8 Å². The third kappa shape index (κ3) is 36.7. The molecule has 0 radical (unpaired) electrons. The Balaban J connectivity index is 4.23. The zero-order chi connectivity index (χ0) is 35.2. The summed E-state index contributed by atoms with van der Waals surface area (Å²) in [6.45, 7) is 4.21. The SMILES string of the molecule is CCCCCC/C=C\CCCCCCCC(=O)OC(CCC/C=C\CCCCCCCCCC)CCCCCCCC(=O)NCC(=O)O. The van der Waals surface area contributed by atoms with Crippen molar-refractivity contribution in [3.63, 3.8) is 0 Å². The highest BCUT2D eigenvalue weighted by molar-refractivity contribution is 5.80. The van der Waals surface area contributed by atoms with Gasteiger partial charge in [-0.1, -0.05) is 141 Å². The minimum atomic E-state index is -1.02. The molecule has 1 amide bonds. The van der Waals surface area contributed by atoms with Crippen molar-refractivity contribution in [2.24, 2.45) is 0 Å².